The minimum atomic E-state index is -0.651. The molecule has 4 aliphatic rings. The maximum absolute atomic E-state index is 14.1. The highest BCUT2D eigenvalue weighted by atomic mass is 32.1. The summed E-state index contributed by atoms with van der Waals surface area (Å²) in [6, 6.07) is 6.31. The Bertz CT molecular complexity index is 1280. The number of aromatic nitrogens is 1. The van der Waals surface area contributed by atoms with E-state index in [1.165, 1.54) is 0 Å². The number of Topliss-reactive ketones (excluding diaryl/α,β-unsaturated/α-hetero) is 1. The Morgan fingerprint density at radius 3 is 2.45 bits per heavy atom. The summed E-state index contributed by atoms with van der Waals surface area (Å²) in [4.78, 5) is 51.8. The van der Waals surface area contributed by atoms with Crippen molar-refractivity contribution in [1.29, 1.82) is 0 Å². The van der Waals surface area contributed by atoms with Crippen molar-refractivity contribution >= 4 is 34.1 Å². The molecule has 2 amide bonds. The molecule has 9 nitrogen and oxygen atoms in total. The van der Waals surface area contributed by atoms with Crippen LogP contribution in [0.4, 0.5) is 5.13 Å². The molecule has 226 valence electrons. The van der Waals surface area contributed by atoms with E-state index in [1.54, 1.807) is 16.2 Å². The van der Waals surface area contributed by atoms with Gasteiger partial charge in [-0.3, -0.25) is 14.4 Å². The number of rotatable bonds is 7. The van der Waals surface area contributed by atoms with Gasteiger partial charge in [0.05, 0.1) is 11.8 Å². The van der Waals surface area contributed by atoms with Gasteiger partial charge in [-0.1, -0.05) is 45.2 Å². The molecule has 4 heterocycles. The van der Waals surface area contributed by atoms with Crippen LogP contribution in [0.2, 0.25) is 0 Å². The summed E-state index contributed by atoms with van der Waals surface area (Å²) < 4.78 is 5.87. The molecule has 42 heavy (non-hydrogen) atoms. The first kappa shape index (κ1) is 29.3. The van der Waals surface area contributed by atoms with Gasteiger partial charge < -0.3 is 24.8 Å². The molecule has 1 aromatic carbocycles. The van der Waals surface area contributed by atoms with Gasteiger partial charge in [0.15, 0.2) is 10.9 Å². The molecule has 3 saturated heterocycles. The van der Waals surface area contributed by atoms with Crippen LogP contribution in [0.5, 0.6) is 0 Å². The largest absolute Gasteiger partial charge is 0.367 e. The molecule has 6 rings (SSSR count). The van der Waals surface area contributed by atoms with Crippen LogP contribution in [0.25, 0.3) is 11.3 Å². The highest BCUT2D eigenvalue weighted by Crippen LogP contribution is 2.37. The van der Waals surface area contributed by atoms with E-state index in [0.29, 0.717) is 12.1 Å². The van der Waals surface area contributed by atoms with Crippen molar-refractivity contribution in [3.05, 3.63) is 35.2 Å². The normalized spacial score (nSPS) is 26.1. The number of anilines is 1. The maximum Gasteiger partial charge on any atom is 0.251 e. The van der Waals surface area contributed by atoms with Gasteiger partial charge in [0.2, 0.25) is 5.91 Å². The second kappa shape index (κ2) is 12.4. The topological polar surface area (TPSA) is 95.1 Å². The molecule has 0 unspecified atom stereocenters. The smallest absolute Gasteiger partial charge is 0.251 e. The molecule has 3 aliphatic heterocycles. The lowest BCUT2D eigenvalue weighted by atomic mass is 9.83. The summed E-state index contributed by atoms with van der Waals surface area (Å²) in [6.07, 6.45) is 4.79. The molecule has 0 radical (unpaired) electrons. The van der Waals surface area contributed by atoms with E-state index < -0.39 is 12.1 Å². The van der Waals surface area contributed by atoms with E-state index in [4.69, 9.17) is 9.72 Å². The standard InChI is InChI=1S/C32H43N5O4S/c1-20(2)24-17-37(28-26(38)18-41-29(24)28)31(40)27(22-7-5-4-6-8-22)34-30(39)23-11-9-21(10-12-23)25-19-42-32(33-25)36-15-13-35(3)14-16-36/h9-12,19-20,22,24,27-29H,4-8,13-18H2,1-3H3,(H,34,39)/t24-,27-,28+,29+/m0/s1. The van der Waals surface area contributed by atoms with Crippen molar-refractivity contribution in [2.24, 2.45) is 17.8 Å². The number of fused-ring (bicyclic) bond motifs is 1. The number of nitrogens with zero attached hydrogens (tertiary/aromatic N) is 4. The Labute approximate surface area is 252 Å². The lowest BCUT2D eigenvalue weighted by molar-refractivity contribution is -0.139. The molecule has 4 atom stereocenters. The number of carbonyl (C=O) groups excluding carboxylic acids is 3. The molecular formula is C32H43N5O4S. The number of hydrogen-bond donors (Lipinski definition) is 1. The molecule has 0 spiro atoms. The molecule has 2 aromatic rings. The first-order valence-electron chi connectivity index (χ1n) is 15.5. The van der Waals surface area contributed by atoms with Crippen LogP contribution >= 0.6 is 11.3 Å². The molecule has 1 saturated carbocycles. The highest BCUT2D eigenvalue weighted by molar-refractivity contribution is 7.14. The quantitative estimate of drug-likeness (QED) is 0.523. The molecular weight excluding hydrogens is 550 g/mol. The van der Waals surface area contributed by atoms with Crippen LogP contribution in [-0.2, 0) is 14.3 Å². The van der Waals surface area contributed by atoms with Crippen molar-refractivity contribution in [3.63, 3.8) is 0 Å². The van der Waals surface area contributed by atoms with E-state index >= 15 is 0 Å². The third-order valence-electron chi connectivity index (χ3n) is 9.75. The predicted octanol–water partition coefficient (Wildman–Crippen LogP) is 3.69. The fourth-order valence-electron chi connectivity index (χ4n) is 7.09. The van der Waals surface area contributed by atoms with Crippen molar-refractivity contribution in [1.82, 2.24) is 20.1 Å². The van der Waals surface area contributed by atoms with Crippen molar-refractivity contribution in [2.75, 3.05) is 51.3 Å². The summed E-state index contributed by atoms with van der Waals surface area (Å²) in [5.74, 6) is 0.0424. The number of ether oxygens (including phenoxy) is 1. The second-order valence-electron chi connectivity index (χ2n) is 12.8. The van der Waals surface area contributed by atoms with Crippen LogP contribution < -0.4 is 10.2 Å². The van der Waals surface area contributed by atoms with E-state index in [-0.39, 0.29) is 48.1 Å². The number of likely N-dealkylation sites (N-methyl/N-ethyl adjacent to an activating group) is 1. The first-order chi connectivity index (χ1) is 20.3. The van der Waals surface area contributed by atoms with Crippen LogP contribution in [0.15, 0.2) is 29.6 Å². The van der Waals surface area contributed by atoms with Gasteiger partial charge in [-0.25, -0.2) is 4.98 Å². The number of thiazole rings is 1. The van der Waals surface area contributed by atoms with Crippen molar-refractivity contribution in [3.8, 4) is 11.3 Å². The molecule has 10 heteroatoms. The van der Waals surface area contributed by atoms with Crippen LogP contribution in [0, 0.1) is 17.8 Å². The monoisotopic (exact) mass is 593 g/mol. The minimum Gasteiger partial charge on any atom is -0.367 e. The Kier molecular flexibility index (Phi) is 8.65. The molecule has 0 bridgehead atoms. The average Bonchev–Trinajstić information content (AvgIpc) is 3.74. The molecule has 4 fully saturated rings. The van der Waals surface area contributed by atoms with E-state index in [0.717, 1.165) is 74.7 Å². The summed E-state index contributed by atoms with van der Waals surface area (Å²) in [5, 5.41) is 6.22. The van der Waals surface area contributed by atoms with Crippen LogP contribution in [0.3, 0.4) is 0 Å². The average molecular weight is 594 g/mol. The lowest BCUT2D eigenvalue weighted by Crippen LogP contribution is -2.55. The summed E-state index contributed by atoms with van der Waals surface area (Å²) in [6.45, 7) is 8.80. The van der Waals surface area contributed by atoms with Gasteiger partial charge in [-0.05, 0) is 43.9 Å². The minimum absolute atomic E-state index is 0.0290. The Morgan fingerprint density at radius 1 is 1.05 bits per heavy atom. The summed E-state index contributed by atoms with van der Waals surface area (Å²) >= 11 is 1.65. The number of ketones is 1. The van der Waals surface area contributed by atoms with Crippen LogP contribution in [0.1, 0.15) is 56.3 Å². The van der Waals surface area contributed by atoms with Gasteiger partial charge in [0.25, 0.3) is 5.91 Å². The lowest BCUT2D eigenvalue weighted by Gasteiger charge is -2.34. The second-order valence-corrected chi connectivity index (χ2v) is 13.7. The summed E-state index contributed by atoms with van der Waals surface area (Å²) in [5.41, 5.74) is 2.38. The SMILES string of the molecule is CC(C)[C@@H]1CN(C(=O)[C@@H](NC(=O)c2ccc(-c3csc(N4CCN(C)CC4)n3)cc2)C2CCCCC2)[C@@H]2C(=O)CO[C@@H]21. The van der Waals surface area contributed by atoms with E-state index in [9.17, 15) is 14.4 Å². The molecule has 1 aliphatic carbocycles. The van der Waals surface area contributed by atoms with Gasteiger partial charge >= 0.3 is 0 Å². The zero-order valence-corrected chi connectivity index (χ0v) is 25.8. The fraction of sp³-hybridized carbons (Fsp3) is 0.625. The van der Waals surface area contributed by atoms with E-state index in [2.05, 4.69) is 41.4 Å². The van der Waals surface area contributed by atoms with Gasteiger partial charge in [-0.15, -0.1) is 11.3 Å². The predicted molar refractivity (Wildman–Crippen MR) is 164 cm³/mol. The maximum atomic E-state index is 14.1. The number of likely N-dealkylation sites (tertiary alicyclic amines) is 1. The molecule has 1 aromatic heterocycles. The van der Waals surface area contributed by atoms with Gasteiger partial charge in [-0.2, -0.15) is 0 Å². The van der Waals surface area contributed by atoms with Crippen molar-refractivity contribution < 1.29 is 19.1 Å². The number of amides is 2. The Balaban J connectivity index is 1.17. The zero-order chi connectivity index (χ0) is 29.4. The number of piperazine rings is 1. The van der Waals surface area contributed by atoms with E-state index in [1.807, 2.05) is 24.3 Å². The number of benzene rings is 1. The van der Waals surface area contributed by atoms with Gasteiger partial charge in [0.1, 0.15) is 18.7 Å². The summed E-state index contributed by atoms with van der Waals surface area (Å²) in [7, 11) is 2.14. The molecule has 1 N–H and O–H groups in total. The highest BCUT2D eigenvalue weighted by Gasteiger charge is 2.54. The first-order valence-corrected chi connectivity index (χ1v) is 16.4. The van der Waals surface area contributed by atoms with Crippen molar-refractivity contribution in [2.45, 2.75) is 64.1 Å². The third-order valence-corrected chi connectivity index (χ3v) is 10.6. The number of carbonyl (C=O) groups is 3. The number of hydrogen-bond acceptors (Lipinski definition) is 8. The zero-order valence-electron chi connectivity index (χ0n) is 25.0. The fourth-order valence-corrected chi connectivity index (χ4v) is 7.98. The van der Waals surface area contributed by atoms with Crippen LogP contribution in [-0.4, -0.2) is 96.9 Å². The third kappa shape index (κ3) is 5.85. The Morgan fingerprint density at radius 2 is 1.76 bits per heavy atom. The number of nitrogens with one attached hydrogen (secondary N) is 1. The Hall–Kier alpha value is -2.82. The van der Waals surface area contributed by atoms with Gasteiger partial charge in [0, 0.05) is 55.1 Å².